The van der Waals surface area contributed by atoms with Gasteiger partial charge in [0.05, 0.1) is 5.69 Å². The number of carbonyl (C=O) groups excluding carboxylic acids is 1. The standard InChI is InChI=1S/C22H24N6O/c23-21-20-19(18-11-16-3-1-2-4-17(16)26-18)27-22(28(20)10-9-25-21)15-7-5-14(6-8-15)12-24-13-29/h1-4,9-11,13-15,26H,5-8,12H2,(H2,23,25)(H,24,29)/t14-,15-. The maximum Gasteiger partial charge on any atom is 0.207 e. The first-order chi connectivity index (χ1) is 14.2. The molecule has 1 aromatic carbocycles. The molecule has 5 rings (SSSR count). The Balaban J connectivity index is 1.54. The van der Waals surface area contributed by atoms with Crippen LogP contribution in [0.2, 0.25) is 0 Å². The van der Waals surface area contributed by atoms with E-state index in [1.165, 1.54) is 0 Å². The van der Waals surface area contributed by atoms with E-state index >= 15 is 0 Å². The van der Waals surface area contributed by atoms with E-state index in [9.17, 15) is 4.79 Å². The quantitative estimate of drug-likeness (QED) is 0.456. The summed E-state index contributed by atoms with van der Waals surface area (Å²) in [5.41, 5.74) is 10.0. The number of aromatic amines is 1. The van der Waals surface area contributed by atoms with Crippen LogP contribution in [0, 0.1) is 5.92 Å². The van der Waals surface area contributed by atoms with Crippen molar-refractivity contribution in [3.63, 3.8) is 0 Å². The Morgan fingerprint density at radius 3 is 2.86 bits per heavy atom. The van der Waals surface area contributed by atoms with Crippen molar-refractivity contribution in [2.45, 2.75) is 31.6 Å². The van der Waals surface area contributed by atoms with Crippen molar-refractivity contribution >= 4 is 28.6 Å². The highest BCUT2D eigenvalue weighted by Crippen LogP contribution is 2.38. The number of anilines is 1. The maximum atomic E-state index is 10.6. The number of amides is 1. The molecule has 4 aromatic rings. The number of fused-ring (bicyclic) bond motifs is 2. The zero-order valence-electron chi connectivity index (χ0n) is 16.1. The summed E-state index contributed by atoms with van der Waals surface area (Å²) in [6.45, 7) is 0.760. The number of nitrogens with zero attached hydrogens (tertiary/aromatic N) is 3. The van der Waals surface area contributed by atoms with Crippen molar-refractivity contribution in [3.05, 3.63) is 48.5 Å². The number of carbonyl (C=O) groups is 1. The lowest BCUT2D eigenvalue weighted by Crippen LogP contribution is -2.25. The van der Waals surface area contributed by atoms with Gasteiger partial charge < -0.3 is 16.0 Å². The van der Waals surface area contributed by atoms with Crippen LogP contribution in [0.3, 0.4) is 0 Å². The molecule has 1 aliphatic carbocycles. The Morgan fingerprint density at radius 2 is 2.07 bits per heavy atom. The number of H-pyrrole nitrogens is 1. The number of rotatable bonds is 5. The largest absolute Gasteiger partial charge is 0.382 e. The summed E-state index contributed by atoms with van der Waals surface area (Å²) < 4.78 is 2.11. The molecule has 7 heteroatoms. The normalized spacial score (nSPS) is 19.6. The molecule has 0 saturated heterocycles. The summed E-state index contributed by atoms with van der Waals surface area (Å²) in [5.74, 6) is 2.45. The van der Waals surface area contributed by atoms with Gasteiger partial charge in [-0.2, -0.15) is 0 Å². The maximum absolute atomic E-state index is 10.6. The van der Waals surface area contributed by atoms with Crippen LogP contribution < -0.4 is 11.1 Å². The second-order valence-corrected chi connectivity index (χ2v) is 7.86. The Labute approximate surface area is 168 Å². The molecule has 3 heterocycles. The molecule has 0 spiro atoms. The van der Waals surface area contributed by atoms with E-state index < -0.39 is 0 Å². The van der Waals surface area contributed by atoms with Crippen LogP contribution >= 0.6 is 0 Å². The van der Waals surface area contributed by atoms with E-state index in [2.05, 4.69) is 37.9 Å². The average molecular weight is 388 g/mol. The summed E-state index contributed by atoms with van der Waals surface area (Å²) in [7, 11) is 0. The van der Waals surface area contributed by atoms with Crippen molar-refractivity contribution in [1.29, 1.82) is 0 Å². The van der Waals surface area contributed by atoms with Gasteiger partial charge in [-0.05, 0) is 43.7 Å². The van der Waals surface area contributed by atoms with Gasteiger partial charge >= 0.3 is 0 Å². The van der Waals surface area contributed by atoms with Gasteiger partial charge in [0.25, 0.3) is 0 Å². The van der Waals surface area contributed by atoms with E-state index in [0.717, 1.165) is 72.3 Å². The summed E-state index contributed by atoms with van der Waals surface area (Å²) in [6.07, 6.45) is 8.77. The van der Waals surface area contributed by atoms with Crippen LogP contribution in [0.15, 0.2) is 42.7 Å². The number of nitrogens with two attached hydrogens (primary N) is 1. The molecule has 7 nitrogen and oxygen atoms in total. The van der Waals surface area contributed by atoms with E-state index in [1.807, 2.05) is 18.3 Å². The molecule has 148 valence electrons. The fourth-order valence-corrected chi connectivity index (χ4v) is 4.60. The fraction of sp³-hybridized carbons (Fsp3) is 0.318. The first kappa shape index (κ1) is 17.7. The minimum Gasteiger partial charge on any atom is -0.382 e. The third-order valence-corrected chi connectivity index (χ3v) is 6.10. The number of nitrogens with one attached hydrogen (secondary N) is 2. The molecule has 29 heavy (non-hydrogen) atoms. The van der Waals surface area contributed by atoms with Gasteiger partial charge in [0.2, 0.25) is 6.41 Å². The second kappa shape index (κ2) is 7.24. The van der Waals surface area contributed by atoms with Crippen molar-refractivity contribution in [3.8, 4) is 11.4 Å². The molecule has 0 atom stereocenters. The average Bonchev–Trinajstić information content (AvgIpc) is 3.35. The summed E-state index contributed by atoms with van der Waals surface area (Å²) in [6, 6.07) is 10.3. The topological polar surface area (TPSA) is 101 Å². The molecule has 1 fully saturated rings. The molecule has 0 unspecified atom stereocenters. The van der Waals surface area contributed by atoms with Crippen LogP contribution in [-0.2, 0) is 4.79 Å². The summed E-state index contributed by atoms with van der Waals surface area (Å²) in [5, 5.41) is 3.97. The Bertz CT molecular complexity index is 1140. The van der Waals surface area contributed by atoms with Crippen LogP contribution in [0.1, 0.15) is 37.4 Å². The predicted molar refractivity (Wildman–Crippen MR) is 113 cm³/mol. The van der Waals surface area contributed by atoms with Crippen molar-refractivity contribution in [2.24, 2.45) is 5.92 Å². The monoisotopic (exact) mass is 388 g/mol. The van der Waals surface area contributed by atoms with Crippen molar-refractivity contribution in [1.82, 2.24) is 24.7 Å². The molecule has 4 N–H and O–H groups in total. The van der Waals surface area contributed by atoms with E-state index in [0.29, 0.717) is 17.7 Å². The van der Waals surface area contributed by atoms with Crippen LogP contribution in [-0.4, -0.2) is 32.3 Å². The Morgan fingerprint density at radius 1 is 1.24 bits per heavy atom. The van der Waals surface area contributed by atoms with E-state index in [1.54, 1.807) is 6.20 Å². The molecule has 0 bridgehead atoms. The predicted octanol–water partition coefficient (Wildman–Crippen LogP) is 3.48. The van der Waals surface area contributed by atoms with Crippen molar-refractivity contribution in [2.75, 3.05) is 12.3 Å². The Hall–Kier alpha value is -3.35. The van der Waals surface area contributed by atoms with E-state index in [4.69, 9.17) is 10.7 Å². The number of aromatic nitrogens is 4. The fourth-order valence-electron chi connectivity index (χ4n) is 4.60. The number of nitrogen functional groups attached to an aromatic ring is 1. The smallest absolute Gasteiger partial charge is 0.207 e. The number of hydrogen-bond donors (Lipinski definition) is 3. The van der Waals surface area contributed by atoms with Gasteiger partial charge in [0.1, 0.15) is 22.9 Å². The molecule has 0 radical (unpaired) electrons. The summed E-state index contributed by atoms with van der Waals surface area (Å²) in [4.78, 5) is 23.4. The highest BCUT2D eigenvalue weighted by Gasteiger charge is 2.27. The Kier molecular flexibility index (Phi) is 4.42. The van der Waals surface area contributed by atoms with Crippen LogP contribution in [0.25, 0.3) is 27.8 Å². The third kappa shape index (κ3) is 3.12. The molecular formula is C22H24N6O. The summed E-state index contributed by atoms with van der Waals surface area (Å²) >= 11 is 0. The van der Waals surface area contributed by atoms with Crippen LogP contribution in [0.5, 0.6) is 0 Å². The zero-order valence-corrected chi connectivity index (χ0v) is 16.1. The second-order valence-electron chi connectivity index (χ2n) is 7.86. The van der Waals surface area contributed by atoms with Crippen LogP contribution in [0.4, 0.5) is 5.82 Å². The number of hydrogen-bond acceptors (Lipinski definition) is 4. The number of para-hydroxylation sites is 1. The lowest BCUT2D eigenvalue weighted by Gasteiger charge is -2.27. The number of imidazole rings is 1. The molecule has 3 aromatic heterocycles. The molecule has 0 aliphatic heterocycles. The molecule has 1 aliphatic rings. The SMILES string of the molecule is Nc1nccn2c1c(-c1cc3ccccc3[nH]1)nc2[C@H]1CC[C@H](CNC=O)CC1. The van der Waals surface area contributed by atoms with Gasteiger partial charge in [0.15, 0.2) is 0 Å². The molecule has 1 amide bonds. The number of benzene rings is 1. The highest BCUT2D eigenvalue weighted by atomic mass is 16.1. The first-order valence-electron chi connectivity index (χ1n) is 10.1. The minimum atomic E-state index is 0.370. The minimum absolute atomic E-state index is 0.370. The molecule has 1 saturated carbocycles. The lowest BCUT2D eigenvalue weighted by atomic mass is 9.81. The third-order valence-electron chi connectivity index (χ3n) is 6.10. The van der Waals surface area contributed by atoms with Gasteiger partial charge in [-0.1, -0.05) is 18.2 Å². The molecular weight excluding hydrogens is 364 g/mol. The van der Waals surface area contributed by atoms with Gasteiger partial charge in [0, 0.05) is 35.8 Å². The lowest BCUT2D eigenvalue weighted by molar-refractivity contribution is -0.109. The van der Waals surface area contributed by atoms with Gasteiger partial charge in [-0.25, -0.2) is 9.97 Å². The zero-order chi connectivity index (χ0) is 19.8. The van der Waals surface area contributed by atoms with Crippen molar-refractivity contribution < 1.29 is 4.79 Å². The van der Waals surface area contributed by atoms with E-state index in [-0.39, 0.29) is 0 Å². The highest BCUT2D eigenvalue weighted by molar-refractivity contribution is 5.91. The first-order valence-corrected chi connectivity index (χ1v) is 10.1. The van der Waals surface area contributed by atoms with Gasteiger partial charge in [-0.3, -0.25) is 9.20 Å². The van der Waals surface area contributed by atoms with Gasteiger partial charge in [-0.15, -0.1) is 0 Å².